The molecule has 2 aromatic rings. The fraction of sp³-hybridized carbons (Fsp3) is 0.182. The van der Waals surface area contributed by atoms with Gasteiger partial charge in [0.1, 0.15) is 0 Å². The van der Waals surface area contributed by atoms with E-state index >= 15 is 0 Å². The molecule has 1 aromatic carbocycles. The summed E-state index contributed by atoms with van der Waals surface area (Å²) in [7, 11) is 0. The van der Waals surface area contributed by atoms with E-state index in [1.807, 2.05) is 0 Å². The third kappa shape index (κ3) is 2.51. The van der Waals surface area contributed by atoms with E-state index in [1.165, 1.54) is 0 Å². The monoisotopic (exact) mass is 269 g/mol. The van der Waals surface area contributed by atoms with Crippen LogP contribution in [0.15, 0.2) is 16.7 Å². The Balaban J connectivity index is 2.38. The van der Waals surface area contributed by atoms with E-state index in [0.717, 1.165) is 12.1 Å². The van der Waals surface area contributed by atoms with Gasteiger partial charge in [-0.25, -0.2) is 13.6 Å². The maximum Gasteiger partial charge on any atom is 0.379 e. The number of nitrogens with zero attached hydrogens (tertiary/aromatic N) is 2. The van der Waals surface area contributed by atoms with Gasteiger partial charge in [-0.15, -0.1) is 0 Å². The lowest BCUT2D eigenvalue weighted by molar-refractivity contribution is 0.0508. The molecule has 0 bridgehead atoms. The first-order valence-electron chi connectivity index (χ1n) is 5.28. The summed E-state index contributed by atoms with van der Waals surface area (Å²) in [4.78, 5) is 15.0. The molecule has 1 aromatic heterocycles. The second kappa shape index (κ2) is 5.01. The van der Waals surface area contributed by atoms with Crippen LogP contribution in [0.1, 0.15) is 17.5 Å². The molecule has 0 aliphatic carbocycles. The molecule has 0 saturated heterocycles. The standard InChI is InChI=1S/C11H9F2N3O3/c1-2-18-11(17)9-15-10(19-16-9)5-3-6(12)7(13)4-8(5)14/h3-4H,2,14H2,1H3. The van der Waals surface area contributed by atoms with Crippen LogP contribution in [0.4, 0.5) is 14.5 Å². The number of esters is 1. The molecule has 19 heavy (non-hydrogen) atoms. The highest BCUT2D eigenvalue weighted by molar-refractivity contribution is 5.85. The summed E-state index contributed by atoms with van der Waals surface area (Å²) in [5.41, 5.74) is 5.43. The van der Waals surface area contributed by atoms with Crippen molar-refractivity contribution < 1.29 is 22.8 Å². The number of halogens is 2. The van der Waals surface area contributed by atoms with Gasteiger partial charge in [0.25, 0.3) is 11.7 Å². The van der Waals surface area contributed by atoms with Gasteiger partial charge < -0.3 is 15.0 Å². The van der Waals surface area contributed by atoms with Crippen molar-refractivity contribution in [3.8, 4) is 11.5 Å². The Labute approximate surface area is 106 Å². The number of ether oxygens (including phenoxy) is 1. The molecular weight excluding hydrogens is 260 g/mol. The van der Waals surface area contributed by atoms with Gasteiger partial charge in [-0.1, -0.05) is 0 Å². The van der Waals surface area contributed by atoms with Crippen LogP contribution in [0.2, 0.25) is 0 Å². The molecule has 0 aliphatic heterocycles. The predicted octanol–water partition coefficient (Wildman–Crippen LogP) is 1.77. The van der Waals surface area contributed by atoms with Crippen LogP contribution in [0.3, 0.4) is 0 Å². The zero-order valence-corrected chi connectivity index (χ0v) is 9.81. The maximum absolute atomic E-state index is 13.1. The van der Waals surface area contributed by atoms with Gasteiger partial charge in [0, 0.05) is 11.8 Å². The molecular formula is C11H9F2N3O3. The van der Waals surface area contributed by atoms with Gasteiger partial charge in [0.15, 0.2) is 11.6 Å². The van der Waals surface area contributed by atoms with Gasteiger partial charge in [-0.2, -0.15) is 4.98 Å². The van der Waals surface area contributed by atoms with Crippen molar-refractivity contribution >= 4 is 11.7 Å². The Morgan fingerprint density at radius 1 is 1.42 bits per heavy atom. The second-order valence-electron chi connectivity index (χ2n) is 3.50. The van der Waals surface area contributed by atoms with E-state index in [4.69, 9.17) is 10.3 Å². The summed E-state index contributed by atoms with van der Waals surface area (Å²) in [5.74, 6) is -3.49. The van der Waals surface area contributed by atoms with E-state index in [1.54, 1.807) is 6.92 Å². The van der Waals surface area contributed by atoms with Crippen molar-refractivity contribution in [2.24, 2.45) is 0 Å². The number of anilines is 1. The summed E-state index contributed by atoms with van der Waals surface area (Å²) >= 11 is 0. The zero-order chi connectivity index (χ0) is 14.0. The highest BCUT2D eigenvalue weighted by Gasteiger charge is 2.19. The Morgan fingerprint density at radius 2 is 2.11 bits per heavy atom. The lowest BCUT2D eigenvalue weighted by Crippen LogP contribution is -2.06. The Morgan fingerprint density at radius 3 is 2.79 bits per heavy atom. The maximum atomic E-state index is 13.1. The van der Waals surface area contributed by atoms with Crippen molar-refractivity contribution in [2.75, 3.05) is 12.3 Å². The van der Waals surface area contributed by atoms with Gasteiger partial charge >= 0.3 is 5.97 Å². The van der Waals surface area contributed by atoms with Gasteiger partial charge in [0.05, 0.1) is 12.2 Å². The summed E-state index contributed by atoms with van der Waals surface area (Å²) in [6.07, 6.45) is 0. The van der Waals surface area contributed by atoms with E-state index < -0.39 is 17.6 Å². The lowest BCUT2D eigenvalue weighted by Gasteiger charge is -2.01. The Kier molecular flexibility index (Phi) is 3.41. The fourth-order valence-electron chi connectivity index (χ4n) is 1.36. The van der Waals surface area contributed by atoms with Crippen molar-refractivity contribution in [3.63, 3.8) is 0 Å². The molecule has 0 atom stereocenters. The summed E-state index contributed by atoms with van der Waals surface area (Å²) in [6.45, 7) is 1.77. The Bertz CT molecular complexity index is 628. The van der Waals surface area contributed by atoms with Crippen molar-refractivity contribution in [1.29, 1.82) is 0 Å². The highest BCUT2D eigenvalue weighted by atomic mass is 19.2. The molecule has 0 saturated carbocycles. The van der Waals surface area contributed by atoms with Crippen LogP contribution in [0.5, 0.6) is 0 Å². The number of hydrogen-bond acceptors (Lipinski definition) is 6. The smallest absolute Gasteiger partial charge is 0.379 e. The van der Waals surface area contributed by atoms with Crippen molar-refractivity contribution in [1.82, 2.24) is 10.1 Å². The molecule has 0 fully saturated rings. The first-order valence-corrected chi connectivity index (χ1v) is 5.28. The van der Waals surface area contributed by atoms with Crippen LogP contribution in [0.25, 0.3) is 11.5 Å². The van der Waals surface area contributed by atoms with Crippen molar-refractivity contribution in [3.05, 3.63) is 29.6 Å². The number of nitrogen functional groups attached to an aromatic ring is 1. The first kappa shape index (κ1) is 12.9. The molecule has 100 valence electrons. The average Bonchev–Trinajstić information content (AvgIpc) is 2.83. The first-order chi connectivity index (χ1) is 9.02. The molecule has 0 spiro atoms. The fourth-order valence-corrected chi connectivity index (χ4v) is 1.36. The van der Waals surface area contributed by atoms with Crippen LogP contribution < -0.4 is 5.73 Å². The van der Waals surface area contributed by atoms with Crippen LogP contribution in [-0.4, -0.2) is 22.7 Å². The van der Waals surface area contributed by atoms with E-state index in [9.17, 15) is 13.6 Å². The van der Waals surface area contributed by atoms with Crippen LogP contribution >= 0.6 is 0 Å². The SMILES string of the molecule is CCOC(=O)c1noc(-c2cc(F)c(F)cc2N)n1. The van der Waals surface area contributed by atoms with Crippen LogP contribution in [-0.2, 0) is 4.74 Å². The number of aromatic nitrogens is 2. The highest BCUT2D eigenvalue weighted by Crippen LogP contribution is 2.26. The minimum Gasteiger partial charge on any atom is -0.460 e. The number of rotatable bonds is 3. The van der Waals surface area contributed by atoms with E-state index in [0.29, 0.717) is 0 Å². The van der Waals surface area contributed by atoms with Gasteiger partial charge in [-0.3, -0.25) is 0 Å². The zero-order valence-electron chi connectivity index (χ0n) is 9.81. The third-order valence-corrected chi connectivity index (χ3v) is 2.21. The number of nitrogens with two attached hydrogens (primary N) is 1. The number of benzene rings is 1. The predicted molar refractivity (Wildman–Crippen MR) is 60.0 cm³/mol. The van der Waals surface area contributed by atoms with E-state index in [2.05, 4.69) is 14.9 Å². The normalized spacial score (nSPS) is 10.5. The van der Waals surface area contributed by atoms with Crippen LogP contribution in [0, 0.1) is 11.6 Å². The van der Waals surface area contributed by atoms with Crippen molar-refractivity contribution in [2.45, 2.75) is 6.92 Å². The second-order valence-corrected chi connectivity index (χ2v) is 3.50. The minimum absolute atomic E-state index is 0.00180. The quantitative estimate of drug-likeness (QED) is 0.674. The molecule has 0 aliphatic rings. The lowest BCUT2D eigenvalue weighted by atomic mass is 10.1. The molecule has 2 N–H and O–H groups in total. The molecule has 1 heterocycles. The van der Waals surface area contributed by atoms with Gasteiger partial charge in [0.2, 0.25) is 0 Å². The number of hydrogen-bond donors (Lipinski definition) is 1. The summed E-state index contributed by atoms with van der Waals surface area (Å²) < 4.78 is 35.5. The number of carbonyl (C=O) groups is 1. The Hall–Kier alpha value is -2.51. The molecule has 6 nitrogen and oxygen atoms in total. The minimum atomic E-state index is -1.11. The average molecular weight is 269 g/mol. The summed E-state index contributed by atoms with van der Waals surface area (Å²) in [6, 6.07) is 1.60. The topological polar surface area (TPSA) is 91.2 Å². The molecule has 0 radical (unpaired) electrons. The third-order valence-electron chi connectivity index (χ3n) is 2.21. The molecule has 0 amide bonds. The molecule has 0 unspecified atom stereocenters. The summed E-state index contributed by atoms with van der Waals surface area (Å²) in [5, 5.41) is 3.37. The molecule has 2 rings (SSSR count). The van der Waals surface area contributed by atoms with E-state index in [-0.39, 0.29) is 29.6 Å². The largest absolute Gasteiger partial charge is 0.460 e. The molecule has 8 heteroatoms. The number of carbonyl (C=O) groups excluding carboxylic acids is 1. The van der Waals surface area contributed by atoms with Gasteiger partial charge in [-0.05, 0) is 18.1 Å².